The van der Waals surface area contributed by atoms with Crippen LogP contribution < -0.4 is 21.5 Å². The normalized spacial score (nSPS) is 14.9. The Labute approximate surface area is 193 Å². The highest BCUT2D eigenvalue weighted by Gasteiger charge is 2.34. The molecule has 164 valence electrons. The summed E-state index contributed by atoms with van der Waals surface area (Å²) in [6, 6.07) is 14.5. The third kappa shape index (κ3) is 5.09. The number of nitrogens with one attached hydrogen (secondary N) is 4. The molecule has 0 spiro atoms. The van der Waals surface area contributed by atoms with Crippen molar-refractivity contribution in [3.8, 4) is 0 Å². The fraction of sp³-hybridized carbons (Fsp3) is 0.182. The number of aromatic amines is 1. The molecule has 8 nitrogen and oxygen atoms in total. The van der Waals surface area contributed by atoms with Crippen LogP contribution >= 0.6 is 23.2 Å². The van der Waals surface area contributed by atoms with Crippen LogP contribution in [0.5, 0.6) is 0 Å². The van der Waals surface area contributed by atoms with Crippen molar-refractivity contribution < 1.29 is 9.59 Å². The van der Waals surface area contributed by atoms with E-state index in [9.17, 15) is 14.4 Å². The SMILES string of the molecule is O=C1CC(C(=O)NCCc2ccccc2)c2c(nc(Nc3cc(Cl)cc(Cl)c3)[nH]c2=O)N1. The highest BCUT2D eigenvalue weighted by Crippen LogP contribution is 2.30. The van der Waals surface area contributed by atoms with E-state index in [-0.39, 0.29) is 23.8 Å². The predicted molar refractivity (Wildman–Crippen MR) is 124 cm³/mol. The van der Waals surface area contributed by atoms with E-state index < -0.39 is 23.3 Å². The number of hydrogen-bond donors (Lipinski definition) is 4. The number of nitrogens with zero attached hydrogens (tertiary/aromatic N) is 1. The number of H-pyrrole nitrogens is 1. The zero-order chi connectivity index (χ0) is 22.7. The smallest absolute Gasteiger partial charge is 0.258 e. The second kappa shape index (κ2) is 9.42. The van der Waals surface area contributed by atoms with E-state index in [0.29, 0.717) is 28.7 Å². The van der Waals surface area contributed by atoms with Crippen LogP contribution in [0, 0.1) is 0 Å². The number of hydrogen-bond acceptors (Lipinski definition) is 5. The number of halogens is 2. The Morgan fingerprint density at radius 2 is 1.81 bits per heavy atom. The summed E-state index contributed by atoms with van der Waals surface area (Å²) in [5.74, 6) is -1.59. The van der Waals surface area contributed by atoms with E-state index in [0.717, 1.165) is 5.56 Å². The summed E-state index contributed by atoms with van der Waals surface area (Å²) in [6.45, 7) is 0.386. The van der Waals surface area contributed by atoms with Crippen LogP contribution in [0.4, 0.5) is 17.5 Å². The van der Waals surface area contributed by atoms with E-state index in [4.69, 9.17) is 23.2 Å². The molecular weight excluding hydrogens is 453 g/mol. The molecule has 1 aromatic heterocycles. The van der Waals surface area contributed by atoms with Gasteiger partial charge in [0.05, 0.1) is 11.5 Å². The molecule has 4 N–H and O–H groups in total. The lowest BCUT2D eigenvalue weighted by atomic mass is 9.92. The second-order valence-electron chi connectivity index (χ2n) is 7.29. The van der Waals surface area contributed by atoms with E-state index in [1.807, 2.05) is 30.3 Å². The Hall–Kier alpha value is -3.36. The number of rotatable bonds is 6. The van der Waals surface area contributed by atoms with Crippen LogP contribution in [0.2, 0.25) is 10.0 Å². The molecule has 0 saturated heterocycles. The summed E-state index contributed by atoms with van der Waals surface area (Å²) in [5, 5.41) is 9.09. The maximum Gasteiger partial charge on any atom is 0.258 e. The van der Waals surface area contributed by atoms with E-state index in [1.165, 1.54) is 0 Å². The van der Waals surface area contributed by atoms with Crippen LogP contribution in [0.1, 0.15) is 23.5 Å². The van der Waals surface area contributed by atoms with Gasteiger partial charge in [0.2, 0.25) is 17.8 Å². The molecule has 1 aliphatic rings. The fourth-order valence-electron chi connectivity index (χ4n) is 3.52. The minimum atomic E-state index is -0.930. The van der Waals surface area contributed by atoms with Crippen molar-refractivity contribution in [1.82, 2.24) is 15.3 Å². The summed E-state index contributed by atoms with van der Waals surface area (Å²) in [7, 11) is 0. The Balaban J connectivity index is 1.53. The molecule has 0 bridgehead atoms. The largest absolute Gasteiger partial charge is 0.355 e. The number of amides is 2. The van der Waals surface area contributed by atoms with Gasteiger partial charge in [0.1, 0.15) is 5.82 Å². The molecule has 4 rings (SSSR count). The molecule has 32 heavy (non-hydrogen) atoms. The summed E-state index contributed by atoms with van der Waals surface area (Å²) in [4.78, 5) is 44.7. The van der Waals surface area contributed by atoms with Gasteiger partial charge in [0.25, 0.3) is 5.56 Å². The van der Waals surface area contributed by atoms with Crippen molar-refractivity contribution in [1.29, 1.82) is 0 Å². The predicted octanol–water partition coefficient (Wildman–Crippen LogP) is 3.61. The van der Waals surface area contributed by atoms with E-state index >= 15 is 0 Å². The van der Waals surface area contributed by atoms with Crippen molar-refractivity contribution in [3.05, 3.63) is 80.1 Å². The minimum absolute atomic E-state index is 0.0452. The molecule has 0 aliphatic carbocycles. The lowest BCUT2D eigenvalue weighted by Gasteiger charge is -2.23. The molecular formula is C22H19Cl2N5O3. The highest BCUT2D eigenvalue weighted by molar-refractivity contribution is 6.35. The zero-order valence-electron chi connectivity index (χ0n) is 16.7. The monoisotopic (exact) mass is 471 g/mol. The molecule has 1 unspecified atom stereocenters. The van der Waals surface area contributed by atoms with Gasteiger partial charge in [-0.15, -0.1) is 0 Å². The Bertz CT molecular complexity index is 1210. The first-order chi connectivity index (χ1) is 15.4. The average molecular weight is 472 g/mol. The van der Waals surface area contributed by atoms with Crippen LogP contribution in [0.15, 0.2) is 53.3 Å². The lowest BCUT2D eigenvalue weighted by molar-refractivity contribution is -0.126. The molecule has 0 radical (unpaired) electrons. The van der Waals surface area contributed by atoms with E-state index in [2.05, 4.69) is 25.9 Å². The first-order valence-corrected chi connectivity index (χ1v) is 10.6. The standard InChI is InChI=1S/C22H19Cl2N5O3/c23-13-8-14(24)10-15(9-13)26-22-28-19-18(21(32)29-22)16(11-17(30)27-19)20(31)25-7-6-12-4-2-1-3-5-12/h1-5,8-10,16H,6-7,11H2,(H,25,31)(H3,26,27,28,29,30,32). The number of fused-ring (bicyclic) bond motifs is 1. The molecule has 1 aliphatic heterocycles. The molecule has 2 heterocycles. The molecule has 1 atom stereocenters. The Morgan fingerprint density at radius 1 is 1.09 bits per heavy atom. The third-order valence-electron chi connectivity index (χ3n) is 4.95. The second-order valence-corrected chi connectivity index (χ2v) is 8.16. The third-order valence-corrected chi connectivity index (χ3v) is 5.39. The van der Waals surface area contributed by atoms with E-state index in [1.54, 1.807) is 18.2 Å². The summed E-state index contributed by atoms with van der Waals surface area (Å²) in [6.07, 6.45) is 0.504. The van der Waals surface area contributed by atoms with Gasteiger partial charge >= 0.3 is 0 Å². The summed E-state index contributed by atoms with van der Waals surface area (Å²) in [5.41, 5.74) is 1.18. The molecule has 0 fully saturated rings. The summed E-state index contributed by atoms with van der Waals surface area (Å²) >= 11 is 12.0. The van der Waals surface area contributed by atoms with Gasteiger partial charge < -0.3 is 16.0 Å². The minimum Gasteiger partial charge on any atom is -0.355 e. The fourth-order valence-corrected chi connectivity index (χ4v) is 4.04. The molecule has 2 aromatic carbocycles. The van der Waals surface area contributed by atoms with Crippen LogP contribution in [0.3, 0.4) is 0 Å². The highest BCUT2D eigenvalue weighted by atomic mass is 35.5. The molecule has 10 heteroatoms. The molecule has 2 amide bonds. The zero-order valence-corrected chi connectivity index (χ0v) is 18.3. The van der Waals surface area contributed by atoms with Crippen molar-refractivity contribution in [2.75, 3.05) is 17.2 Å². The number of aromatic nitrogens is 2. The van der Waals surface area contributed by atoms with Gasteiger partial charge in [-0.1, -0.05) is 53.5 Å². The van der Waals surface area contributed by atoms with Gasteiger partial charge in [-0.2, -0.15) is 4.98 Å². The van der Waals surface area contributed by atoms with Gasteiger partial charge in [-0.3, -0.25) is 19.4 Å². The first-order valence-electron chi connectivity index (χ1n) is 9.88. The van der Waals surface area contributed by atoms with Crippen LogP contribution in [0.25, 0.3) is 0 Å². The maximum atomic E-state index is 12.8. The van der Waals surface area contributed by atoms with Gasteiger partial charge in [0, 0.05) is 28.7 Å². The Morgan fingerprint density at radius 3 is 2.53 bits per heavy atom. The van der Waals surface area contributed by atoms with Crippen molar-refractivity contribution in [2.24, 2.45) is 0 Å². The number of carbonyl (C=O) groups is 2. The maximum absolute atomic E-state index is 12.8. The van der Waals surface area contributed by atoms with Gasteiger partial charge in [-0.05, 0) is 30.2 Å². The Kier molecular flexibility index (Phi) is 6.43. The number of benzene rings is 2. The van der Waals surface area contributed by atoms with Gasteiger partial charge in [0.15, 0.2) is 0 Å². The number of carbonyl (C=O) groups excluding carboxylic acids is 2. The van der Waals surface area contributed by atoms with Gasteiger partial charge in [-0.25, -0.2) is 0 Å². The lowest BCUT2D eigenvalue weighted by Crippen LogP contribution is -2.39. The van der Waals surface area contributed by atoms with Crippen LogP contribution in [-0.2, 0) is 16.0 Å². The first kappa shape index (κ1) is 21.9. The molecule has 0 saturated carbocycles. The quantitative estimate of drug-likeness (QED) is 0.438. The summed E-state index contributed by atoms with van der Waals surface area (Å²) < 4.78 is 0. The average Bonchev–Trinajstić information content (AvgIpc) is 2.72. The van der Waals surface area contributed by atoms with Crippen molar-refractivity contribution in [3.63, 3.8) is 0 Å². The van der Waals surface area contributed by atoms with Crippen LogP contribution in [-0.4, -0.2) is 28.3 Å². The topological polar surface area (TPSA) is 116 Å². The molecule has 3 aromatic rings. The van der Waals surface area contributed by atoms with Crippen molar-refractivity contribution >= 4 is 52.5 Å². The van der Waals surface area contributed by atoms with Crippen molar-refractivity contribution in [2.45, 2.75) is 18.8 Å². The number of anilines is 3.